The minimum absolute atomic E-state index is 0.160. The molecule has 2 amide bonds. The average Bonchev–Trinajstić information content (AvgIpc) is 3.03. The minimum atomic E-state index is -0.630. The molecule has 1 aromatic carbocycles. The molecular formula is C34H59N5O3S. The van der Waals surface area contributed by atoms with Crippen LogP contribution in [0.4, 0.5) is 4.79 Å². The molecule has 0 bridgehead atoms. The third-order valence-electron chi connectivity index (χ3n) is 8.01. The summed E-state index contributed by atoms with van der Waals surface area (Å²) in [5.41, 5.74) is 0.907. The summed E-state index contributed by atoms with van der Waals surface area (Å²) < 4.78 is 5.38. The Morgan fingerprint density at radius 1 is 0.860 bits per heavy atom. The van der Waals surface area contributed by atoms with Gasteiger partial charge in [-0.2, -0.15) is 0 Å². The van der Waals surface area contributed by atoms with Crippen LogP contribution in [0.25, 0.3) is 0 Å². The van der Waals surface area contributed by atoms with Gasteiger partial charge in [0.25, 0.3) is 0 Å². The summed E-state index contributed by atoms with van der Waals surface area (Å²) in [6, 6.07) is 8.91. The van der Waals surface area contributed by atoms with Crippen LogP contribution in [0.1, 0.15) is 109 Å². The number of piperazine rings is 1. The molecule has 1 atom stereocenters. The van der Waals surface area contributed by atoms with E-state index in [1.165, 1.54) is 64.2 Å². The molecule has 244 valence electrons. The van der Waals surface area contributed by atoms with Crippen molar-refractivity contribution < 1.29 is 14.3 Å². The Kier molecular flexibility index (Phi) is 21.6. The molecule has 1 aromatic rings. The second-order valence-corrected chi connectivity index (χ2v) is 12.3. The third kappa shape index (κ3) is 19.6. The van der Waals surface area contributed by atoms with Crippen molar-refractivity contribution in [3.63, 3.8) is 0 Å². The van der Waals surface area contributed by atoms with Gasteiger partial charge in [-0.3, -0.25) is 9.69 Å². The van der Waals surface area contributed by atoms with Gasteiger partial charge < -0.3 is 26.0 Å². The molecular weight excluding hydrogens is 558 g/mol. The number of rotatable bonds is 24. The highest BCUT2D eigenvalue weighted by molar-refractivity contribution is 7.80. The number of ether oxygens (including phenoxy) is 1. The van der Waals surface area contributed by atoms with Crippen LogP contribution >= 0.6 is 12.2 Å². The number of nitrogens with zero attached hydrogens (tertiary/aromatic N) is 1. The van der Waals surface area contributed by atoms with Crippen LogP contribution in [0.3, 0.4) is 0 Å². The van der Waals surface area contributed by atoms with Crippen LogP contribution in [-0.2, 0) is 16.1 Å². The van der Waals surface area contributed by atoms with Gasteiger partial charge in [0.15, 0.2) is 0 Å². The molecule has 0 aromatic heterocycles. The van der Waals surface area contributed by atoms with Gasteiger partial charge in [-0.05, 0) is 37.7 Å². The van der Waals surface area contributed by atoms with E-state index in [0.717, 1.165) is 75.5 Å². The Morgan fingerprint density at radius 3 is 2.19 bits per heavy atom. The van der Waals surface area contributed by atoms with Crippen molar-refractivity contribution in [2.45, 2.75) is 116 Å². The molecule has 0 saturated carbocycles. The highest BCUT2D eigenvalue weighted by Crippen LogP contribution is 2.12. The van der Waals surface area contributed by atoms with Crippen molar-refractivity contribution in [1.82, 2.24) is 26.2 Å². The molecule has 9 heteroatoms. The van der Waals surface area contributed by atoms with Crippen LogP contribution < -0.4 is 21.3 Å². The van der Waals surface area contributed by atoms with Crippen LogP contribution in [-0.4, -0.2) is 73.7 Å². The topological polar surface area (TPSA) is 94.7 Å². The van der Waals surface area contributed by atoms with Crippen molar-refractivity contribution in [2.24, 2.45) is 0 Å². The molecule has 43 heavy (non-hydrogen) atoms. The largest absolute Gasteiger partial charge is 0.445 e. The molecule has 8 nitrogen and oxygen atoms in total. The summed E-state index contributed by atoms with van der Waals surface area (Å²) in [6.45, 7) is 8.50. The normalized spacial score (nSPS) is 14.2. The first kappa shape index (κ1) is 37.0. The van der Waals surface area contributed by atoms with Gasteiger partial charge in [0.05, 0.1) is 4.99 Å². The van der Waals surface area contributed by atoms with Gasteiger partial charge in [0.1, 0.15) is 12.6 Å². The molecule has 1 saturated heterocycles. The van der Waals surface area contributed by atoms with Gasteiger partial charge in [-0.1, -0.05) is 114 Å². The first-order valence-corrected chi connectivity index (χ1v) is 17.4. The van der Waals surface area contributed by atoms with E-state index < -0.39 is 12.1 Å². The minimum Gasteiger partial charge on any atom is -0.445 e. The summed E-state index contributed by atoms with van der Waals surface area (Å²) in [6.07, 6.45) is 17.3. The maximum atomic E-state index is 13.0. The lowest BCUT2D eigenvalue weighted by atomic mass is 10.1. The Balaban J connectivity index is 1.60. The van der Waals surface area contributed by atoms with E-state index in [2.05, 4.69) is 33.1 Å². The van der Waals surface area contributed by atoms with Crippen molar-refractivity contribution in [2.75, 3.05) is 45.8 Å². The quantitative estimate of drug-likeness (QED) is 0.0824. The molecule has 4 N–H and O–H groups in total. The fraction of sp³-hybridized carbons (Fsp3) is 0.735. The first-order chi connectivity index (χ1) is 21.1. The second kappa shape index (κ2) is 25.1. The number of carbonyl (C=O) groups is 2. The average molecular weight is 618 g/mol. The Bertz CT molecular complexity index is 867. The Morgan fingerprint density at radius 2 is 1.51 bits per heavy atom. The van der Waals surface area contributed by atoms with E-state index in [9.17, 15) is 9.59 Å². The second-order valence-electron chi connectivity index (χ2n) is 11.8. The molecule has 1 aliphatic rings. The van der Waals surface area contributed by atoms with E-state index in [1.54, 1.807) is 0 Å². The number of amides is 2. The molecule has 1 aliphatic heterocycles. The molecule has 0 radical (unpaired) electrons. The number of hydrogen-bond acceptors (Lipinski definition) is 6. The van der Waals surface area contributed by atoms with Crippen LogP contribution in [0.15, 0.2) is 30.3 Å². The third-order valence-corrected chi connectivity index (χ3v) is 8.36. The Hall–Kier alpha value is -2.23. The number of thiocarbonyl (C=S) groups is 1. The standard InChI is InChI=1S/C34H59N5O3S/c1-2-3-4-5-6-7-8-9-10-11-15-21-32(43)36-22-17-16-20-31(33(40)37-25-28-39-26-23-35-24-27-39)38-34(41)42-29-30-18-13-12-14-19-30/h12-14,18-19,31,35H,2-11,15-17,20-29H2,1H3,(H,36,43)(H,37,40)(H,38,41)/t31-/m0/s1. The van der Waals surface area contributed by atoms with Crippen LogP contribution in [0.2, 0.25) is 0 Å². The lowest BCUT2D eigenvalue weighted by Crippen LogP contribution is -2.50. The summed E-state index contributed by atoms with van der Waals surface area (Å²) in [4.78, 5) is 28.8. The number of carbonyl (C=O) groups excluding carboxylic acids is 2. The molecule has 2 rings (SSSR count). The Labute approximate surface area is 266 Å². The maximum absolute atomic E-state index is 13.0. The SMILES string of the molecule is CCCCCCCCCCCCCC(=S)NCCCC[C@H](NC(=O)OCc1ccccc1)C(=O)NCCN1CCNCC1. The smallest absolute Gasteiger partial charge is 0.408 e. The predicted molar refractivity (Wildman–Crippen MR) is 181 cm³/mol. The lowest BCUT2D eigenvalue weighted by molar-refractivity contribution is -0.123. The van der Waals surface area contributed by atoms with Crippen molar-refractivity contribution >= 4 is 29.2 Å². The van der Waals surface area contributed by atoms with Crippen molar-refractivity contribution in [3.8, 4) is 0 Å². The van der Waals surface area contributed by atoms with E-state index in [4.69, 9.17) is 17.0 Å². The predicted octanol–water partition coefficient (Wildman–Crippen LogP) is 6.09. The number of unbranched alkanes of at least 4 members (excludes halogenated alkanes) is 11. The molecule has 1 fully saturated rings. The van der Waals surface area contributed by atoms with Gasteiger partial charge in [0, 0.05) is 45.8 Å². The fourth-order valence-corrected chi connectivity index (χ4v) is 5.56. The van der Waals surface area contributed by atoms with Crippen molar-refractivity contribution in [3.05, 3.63) is 35.9 Å². The van der Waals surface area contributed by atoms with Gasteiger partial charge in [-0.25, -0.2) is 4.79 Å². The van der Waals surface area contributed by atoms with Gasteiger partial charge in [0.2, 0.25) is 5.91 Å². The van der Waals surface area contributed by atoms with E-state index >= 15 is 0 Å². The summed E-state index contributed by atoms with van der Waals surface area (Å²) >= 11 is 5.54. The van der Waals surface area contributed by atoms with Crippen LogP contribution in [0.5, 0.6) is 0 Å². The maximum Gasteiger partial charge on any atom is 0.408 e. The number of nitrogens with one attached hydrogen (secondary N) is 4. The zero-order valence-electron chi connectivity index (χ0n) is 26.8. The molecule has 0 unspecified atom stereocenters. The van der Waals surface area contributed by atoms with Gasteiger partial charge in [-0.15, -0.1) is 0 Å². The zero-order chi connectivity index (χ0) is 30.8. The highest BCUT2D eigenvalue weighted by Gasteiger charge is 2.21. The van der Waals surface area contributed by atoms with Gasteiger partial charge >= 0.3 is 6.09 Å². The lowest BCUT2D eigenvalue weighted by Gasteiger charge is -2.27. The highest BCUT2D eigenvalue weighted by atomic mass is 32.1. The summed E-state index contributed by atoms with van der Waals surface area (Å²) in [7, 11) is 0. The van der Waals surface area contributed by atoms with E-state index in [0.29, 0.717) is 13.0 Å². The molecule has 0 aliphatic carbocycles. The number of alkyl carbamates (subject to hydrolysis) is 1. The summed E-state index contributed by atoms with van der Waals surface area (Å²) in [5, 5.41) is 12.5. The fourth-order valence-electron chi connectivity index (χ4n) is 5.31. The van der Waals surface area contributed by atoms with E-state index in [1.807, 2.05) is 30.3 Å². The monoisotopic (exact) mass is 617 g/mol. The zero-order valence-corrected chi connectivity index (χ0v) is 27.6. The summed E-state index contributed by atoms with van der Waals surface area (Å²) in [5.74, 6) is -0.160. The van der Waals surface area contributed by atoms with Crippen molar-refractivity contribution in [1.29, 1.82) is 0 Å². The van der Waals surface area contributed by atoms with Crippen LogP contribution in [0, 0.1) is 0 Å². The first-order valence-electron chi connectivity index (χ1n) is 17.0. The molecule has 0 spiro atoms. The number of hydrogen-bond donors (Lipinski definition) is 4. The number of benzene rings is 1. The van der Waals surface area contributed by atoms with E-state index in [-0.39, 0.29) is 12.5 Å². The molecule has 1 heterocycles.